The van der Waals surface area contributed by atoms with E-state index in [-0.39, 0.29) is 85.5 Å². The van der Waals surface area contributed by atoms with Gasteiger partial charge in [-0.2, -0.15) is 6.92 Å². The molecule has 0 aliphatic rings. The average Bonchev–Trinajstić information content (AvgIpc) is 1.33. The van der Waals surface area contributed by atoms with E-state index in [0.29, 0.717) is 0 Å². The molecule has 0 spiro atoms. The zero-order valence-electron chi connectivity index (χ0n) is 7.35. The number of rotatable bonds is 0. The molecule has 0 aliphatic carbocycles. The second kappa shape index (κ2) is 40.8. The van der Waals surface area contributed by atoms with Gasteiger partial charge in [0.25, 0.3) is 0 Å². The Balaban J connectivity index is -0.00000000848. The Morgan fingerprint density at radius 3 is 1.27 bits per heavy atom. The first kappa shape index (κ1) is 38.5. The van der Waals surface area contributed by atoms with Gasteiger partial charge in [-0.1, -0.05) is 0 Å². The van der Waals surface area contributed by atoms with Crippen LogP contribution in [0.4, 0.5) is 0 Å². The molecule has 0 rings (SSSR count). The van der Waals surface area contributed by atoms with Crippen LogP contribution < -0.4 is 0 Å². The molecule has 0 unspecified atom stereocenters. The molecule has 64 valence electrons. The number of carbonyl (C=O) groups is 1. The van der Waals surface area contributed by atoms with Crippen molar-refractivity contribution in [2.45, 2.75) is 13.8 Å². The molecular weight excluding hydrogens is 317 g/mol. The quantitative estimate of drug-likeness (QED) is 0.501. The monoisotopic (exact) mass is 329 g/mol. The van der Waals surface area contributed by atoms with Crippen LogP contribution in [-0.2, 0) is 75.0 Å². The molecule has 0 aromatic heterocycles. The van der Waals surface area contributed by atoms with E-state index in [9.17, 15) is 4.79 Å². The Bertz CT molecular complexity index is 65.6. The average molecular weight is 329 g/mol. The topological polar surface area (TPSA) is 34.1 Å². The number of carbonyl (C=O) groups excluding carboxylic acids is 2. The van der Waals surface area contributed by atoms with Crippen molar-refractivity contribution in [3.05, 3.63) is 14.9 Å². The number of halogens is 1. The molecule has 5 heteroatoms. The van der Waals surface area contributed by atoms with Gasteiger partial charge in [-0.15, -0.1) is 0 Å². The number of hydrogen-bond acceptors (Lipinski definition) is 2. The maximum atomic E-state index is 9.21. The van der Waals surface area contributed by atoms with Crippen molar-refractivity contribution in [2.24, 2.45) is 0 Å². The van der Waals surface area contributed by atoms with E-state index in [4.69, 9.17) is 4.79 Å². The molecule has 0 bridgehead atoms. The van der Waals surface area contributed by atoms with Crippen LogP contribution in [0.1, 0.15) is 13.8 Å². The Kier molecular flexibility index (Phi) is 143. The van der Waals surface area contributed by atoms with Crippen LogP contribution in [0.5, 0.6) is 0 Å². The van der Waals surface area contributed by atoms with E-state index < -0.39 is 0 Å². The van der Waals surface area contributed by atoms with Gasteiger partial charge < -0.3 is 19.6 Å². The zero-order valence-corrected chi connectivity index (χ0v) is 13.8. The summed E-state index contributed by atoms with van der Waals surface area (Å²) in [4.78, 5) is 17.9. The maximum absolute atomic E-state index is 9.21. The van der Waals surface area contributed by atoms with Crippen molar-refractivity contribution in [1.29, 1.82) is 0 Å². The zero-order chi connectivity index (χ0) is 6.28. The third kappa shape index (κ3) is 339. The molecule has 0 aliphatic heterocycles. The summed E-state index contributed by atoms with van der Waals surface area (Å²) in [7, 11) is 0. The summed E-state index contributed by atoms with van der Waals surface area (Å²) in [6.45, 7) is 2.61. The third-order valence-electron chi connectivity index (χ3n) is 0. The van der Waals surface area contributed by atoms with E-state index in [0.717, 1.165) is 0 Å². The molecule has 0 amide bonds. The fraction of sp³-hybridized carbons (Fsp3) is 0.333. The predicted molar refractivity (Wildman–Crippen MR) is 40.7 cm³/mol. The molecule has 2 nitrogen and oxygen atoms in total. The summed E-state index contributed by atoms with van der Waals surface area (Å²) >= 11 is 4.64. The Morgan fingerprint density at radius 1 is 1.27 bits per heavy atom. The van der Waals surface area contributed by atoms with E-state index >= 15 is 0 Å². The van der Waals surface area contributed by atoms with Crippen LogP contribution in [0.15, 0.2) is 0 Å². The second-order valence-electron chi connectivity index (χ2n) is 0.674. The molecule has 0 aromatic carbocycles. The van der Waals surface area contributed by atoms with Crippen molar-refractivity contribution in [2.75, 3.05) is 0 Å². The summed E-state index contributed by atoms with van der Waals surface area (Å²) < 4.78 is 0. The number of hydrogen-bond donors (Lipinski definition) is 0. The van der Waals surface area contributed by atoms with Gasteiger partial charge in [0.2, 0.25) is 5.24 Å². The van der Waals surface area contributed by atoms with Crippen LogP contribution in [0.2, 0.25) is 0 Å². The van der Waals surface area contributed by atoms with Crippen molar-refractivity contribution in [3.63, 3.8) is 0 Å². The Labute approximate surface area is 125 Å². The van der Waals surface area contributed by atoms with E-state index in [1.165, 1.54) is 20.1 Å². The van der Waals surface area contributed by atoms with Gasteiger partial charge in [0.05, 0.1) is 0 Å². The summed E-state index contributed by atoms with van der Waals surface area (Å²) in [6.07, 6.45) is 1.50. The minimum atomic E-state index is -0.361. The van der Waals surface area contributed by atoms with Crippen LogP contribution in [0.3, 0.4) is 0 Å². The van der Waals surface area contributed by atoms with E-state index in [2.05, 4.69) is 11.6 Å². The molecule has 0 saturated heterocycles. The smallest absolute Gasteiger partial charge is 0.218 e. The van der Waals surface area contributed by atoms with Gasteiger partial charge in [-0.05, 0) is 11.6 Å². The molecule has 0 fully saturated rings. The summed E-state index contributed by atoms with van der Waals surface area (Å²) in [5.74, 6) is 0. The molecule has 11 heavy (non-hydrogen) atoms. The van der Waals surface area contributed by atoms with Gasteiger partial charge in [0.1, 0.15) is 0 Å². The summed E-state index contributed by atoms with van der Waals surface area (Å²) in [5.41, 5.74) is 0. The van der Waals surface area contributed by atoms with Crippen molar-refractivity contribution < 1.29 is 75.0 Å². The van der Waals surface area contributed by atoms with Gasteiger partial charge in [0, 0.05) is 72.3 Å². The summed E-state index contributed by atoms with van der Waals surface area (Å²) in [5, 5.41) is -0.361. The van der Waals surface area contributed by atoms with Crippen molar-refractivity contribution >= 4 is 23.1 Å². The first-order chi connectivity index (χ1) is 3.15. The fourth-order valence-electron chi connectivity index (χ4n) is 0. The largest absolute Gasteiger partial charge is 0.542 e. The Morgan fingerprint density at radius 2 is 1.27 bits per heavy atom. The van der Waals surface area contributed by atoms with Gasteiger partial charge in [-0.3, -0.25) is 11.1 Å². The molecular formula is C6H12ClO2Y2-3. The first-order valence-electron chi connectivity index (χ1n) is 1.60. The molecule has 0 N–H and O–H groups in total. The molecule has 0 heterocycles. The van der Waals surface area contributed by atoms with Crippen LogP contribution in [-0.4, -0.2) is 11.5 Å². The molecule has 0 saturated carbocycles. The third-order valence-corrected chi connectivity index (χ3v) is 0. The van der Waals surface area contributed by atoms with Gasteiger partial charge >= 0.3 is 0 Å². The van der Waals surface area contributed by atoms with E-state index in [1.807, 2.05) is 0 Å². The SMILES string of the molecule is CC(=O)Cl.C[C-]=O.[CH3-].[CH3-].[Y].[Y]. The maximum Gasteiger partial charge on any atom is 0.218 e. The van der Waals surface area contributed by atoms with Crippen LogP contribution >= 0.6 is 11.6 Å². The minimum Gasteiger partial charge on any atom is -0.542 e. The molecule has 0 atom stereocenters. The minimum absolute atomic E-state index is 0. The standard InChI is InChI=1S/C2H3ClO.C2H3O.2CH3.2Y/c1-2(3)4;1-2-3;;;;/h1H3;1H3;2*1H3;;/q;3*-1;;. The molecule has 0 aromatic rings. The second-order valence-corrected chi connectivity index (χ2v) is 1.21. The summed E-state index contributed by atoms with van der Waals surface area (Å²) in [6, 6.07) is 0. The molecule has 2 radical (unpaired) electrons. The normalized spacial score (nSPS) is 3.55. The van der Waals surface area contributed by atoms with E-state index in [1.54, 1.807) is 0 Å². The first-order valence-corrected chi connectivity index (χ1v) is 1.98. The fourth-order valence-corrected chi connectivity index (χ4v) is 0. The van der Waals surface area contributed by atoms with Gasteiger partial charge in [-0.25, -0.2) is 0 Å². The van der Waals surface area contributed by atoms with Crippen LogP contribution in [0, 0.1) is 14.9 Å². The van der Waals surface area contributed by atoms with Crippen LogP contribution in [0.25, 0.3) is 0 Å². The van der Waals surface area contributed by atoms with Gasteiger partial charge in [0.15, 0.2) is 0 Å². The predicted octanol–water partition coefficient (Wildman–Crippen LogP) is 1.78. The Hall–Kier alpha value is 1.84. The van der Waals surface area contributed by atoms with Crippen molar-refractivity contribution in [1.82, 2.24) is 0 Å². The van der Waals surface area contributed by atoms with Crippen molar-refractivity contribution in [3.8, 4) is 0 Å².